The summed E-state index contributed by atoms with van der Waals surface area (Å²) in [6, 6.07) is 6.21. The summed E-state index contributed by atoms with van der Waals surface area (Å²) in [7, 11) is 0. The summed E-state index contributed by atoms with van der Waals surface area (Å²) >= 11 is 5.70. The maximum atomic E-state index is 13.1. The third-order valence-corrected chi connectivity index (χ3v) is 2.62. The molecular formula is C10H10ClFN4. The molecule has 0 saturated carbocycles. The molecule has 0 spiro atoms. The zero-order valence-electron chi connectivity index (χ0n) is 8.64. The highest BCUT2D eigenvalue weighted by Crippen LogP contribution is 2.18. The Balaban J connectivity index is 2.35. The number of nitrogens with zero attached hydrogens (tertiary/aromatic N) is 4. The van der Waals surface area contributed by atoms with Gasteiger partial charge in [0.1, 0.15) is 5.82 Å². The fourth-order valence-corrected chi connectivity index (χ4v) is 1.68. The van der Waals surface area contributed by atoms with Crippen LogP contribution in [0.5, 0.6) is 0 Å². The lowest BCUT2D eigenvalue weighted by atomic mass is 10.1. The van der Waals surface area contributed by atoms with Gasteiger partial charge in [-0.2, -0.15) is 0 Å². The van der Waals surface area contributed by atoms with Crippen LogP contribution in [-0.4, -0.2) is 20.2 Å². The molecule has 4 nitrogen and oxygen atoms in total. The van der Waals surface area contributed by atoms with Crippen LogP contribution in [0.1, 0.15) is 24.4 Å². The van der Waals surface area contributed by atoms with Gasteiger partial charge >= 0.3 is 0 Å². The topological polar surface area (TPSA) is 43.6 Å². The highest BCUT2D eigenvalue weighted by Gasteiger charge is 2.14. The van der Waals surface area contributed by atoms with E-state index >= 15 is 0 Å². The molecule has 0 fully saturated rings. The number of benzene rings is 1. The lowest BCUT2D eigenvalue weighted by Gasteiger charge is -2.12. The van der Waals surface area contributed by atoms with Crippen LogP contribution in [0.4, 0.5) is 4.39 Å². The van der Waals surface area contributed by atoms with Crippen LogP contribution >= 0.6 is 11.6 Å². The van der Waals surface area contributed by atoms with E-state index in [0.717, 1.165) is 5.56 Å². The van der Waals surface area contributed by atoms with E-state index in [2.05, 4.69) is 15.5 Å². The summed E-state index contributed by atoms with van der Waals surface area (Å²) in [5.74, 6) is 0.524. The Hall–Kier alpha value is -1.49. The van der Waals surface area contributed by atoms with Crippen molar-refractivity contribution in [2.45, 2.75) is 18.8 Å². The van der Waals surface area contributed by atoms with Gasteiger partial charge in [0, 0.05) is 0 Å². The monoisotopic (exact) mass is 240 g/mol. The van der Waals surface area contributed by atoms with Crippen molar-refractivity contribution in [3.05, 3.63) is 41.5 Å². The number of alkyl halides is 1. The third kappa shape index (κ3) is 2.04. The molecule has 0 aliphatic carbocycles. The first-order valence-corrected chi connectivity index (χ1v) is 5.34. The molecule has 0 bridgehead atoms. The maximum Gasteiger partial charge on any atom is 0.166 e. The standard InChI is InChI=1S/C10H10ClFN4/c1-7(8-3-2-4-9(12)5-8)16-10(6-11)13-14-15-16/h2-5,7H,6H2,1H3. The van der Waals surface area contributed by atoms with E-state index in [0.29, 0.717) is 5.82 Å². The number of hydrogen-bond acceptors (Lipinski definition) is 3. The molecule has 1 atom stereocenters. The van der Waals surface area contributed by atoms with E-state index in [1.165, 1.54) is 12.1 Å². The summed E-state index contributed by atoms with van der Waals surface area (Å²) in [5, 5.41) is 11.2. The number of tetrazole rings is 1. The van der Waals surface area contributed by atoms with Crippen molar-refractivity contribution in [1.82, 2.24) is 20.2 Å². The normalized spacial score (nSPS) is 12.7. The second-order valence-electron chi connectivity index (χ2n) is 3.40. The van der Waals surface area contributed by atoms with Gasteiger partial charge in [-0.15, -0.1) is 16.7 Å². The smallest absolute Gasteiger partial charge is 0.166 e. The van der Waals surface area contributed by atoms with Crippen molar-refractivity contribution in [3.8, 4) is 0 Å². The van der Waals surface area contributed by atoms with Crippen LogP contribution in [0.25, 0.3) is 0 Å². The highest BCUT2D eigenvalue weighted by molar-refractivity contribution is 6.16. The average molecular weight is 241 g/mol. The summed E-state index contributed by atoms with van der Waals surface area (Å²) in [4.78, 5) is 0. The zero-order valence-corrected chi connectivity index (χ0v) is 9.39. The Bertz CT molecular complexity index is 485. The van der Waals surface area contributed by atoms with Gasteiger partial charge in [-0.3, -0.25) is 0 Å². The van der Waals surface area contributed by atoms with Crippen molar-refractivity contribution in [2.75, 3.05) is 0 Å². The predicted octanol–water partition coefficient (Wildman–Crippen LogP) is 2.16. The molecule has 0 saturated heterocycles. The third-order valence-electron chi connectivity index (χ3n) is 2.38. The molecule has 6 heteroatoms. The molecule has 84 valence electrons. The Morgan fingerprint density at radius 1 is 1.50 bits per heavy atom. The molecule has 1 aromatic carbocycles. The first-order valence-electron chi connectivity index (χ1n) is 4.80. The largest absolute Gasteiger partial charge is 0.221 e. The van der Waals surface area contributed by atoms with E-state index in [1.54, 1.807) is 10.7 Å². The lowest BCUT2D eigenvalue weighted by Crippen LogP contribution is -2.12. The van der Waals surface area contributed by atoms with Crippen molar-refractivity contribution < 1.29 is 4.39 Å². The maximum absolute atomic E-state index is 13.1. The van der Waals surface area contributed by atoms with Gasteiger partial charge in [-0.1, -0.05) is 12.1 Å². The quantitative estimate of drug-likeness (QED) is 0.773. The fourth-order valence-electron chi connectivity index (χ4n) is 1.51. The minimum absolute atomic E-state index is 0.139. The molecule has 0 N–H and O–H groups in total. The van der Waals surface area contributed by atoms with Gasteiger partial charge in [0.15, 0.2) is 5.82 Å². The minimum atomic E-state index is -0.273. The van der Waals surface area contributed by atoms with Gasteiger partial charge in [0.05, 0.1) is 11.9 Å². The molecule has 0 radical (unpaired) electrons. The van der Waals surface area contributed by atoms with E-state index in [-0.39, 0.29) is 17.7 Å². The average Bonchev–Trinajstić information content (AvgIpc) is 2.76. The van der Waals surface area contributed by atoms with Crippen molar-refractivity contribution in [3.63, 3.8) is 0 Å². The number of aromatic nitrogens is 4. The molecule has 0 amide bonds. The predicted molar refractivity (Wildman–Crippen MR) is 57.6 cm³/mol. The van der Waals surface area contributed by atoms with Gasteiger partial charge in [0.2, 0.25) is 0 Å². The Kier molecular flexibility index (Phi) is 3.14. The number of hydrogen-bond donors (Lipinski definition) is 0. The Morgan fingerprint density at radius 3 is 3.00 bits per heavy atom. The molecule has 1 heterocycles. The molecule has 2 rings (SSSR count). The molecule has 16 heavy (non-hydrogen) atoms. The number of rotatable bonds is 3. The van der Waals surface area contributed by atoms with E-state index in [1.807, 2.05) is 13.0 Å². The molecule has 0 aliphatic heterocycles. The van der Waals surface area contributed by atoms with Gasteiger partial charge in [-0.05, 0) is 35.0 Å². The van der Waals surface area contributed by atoms with Crippen LogP contribution in [0.15, 0.2) is 24.3 Å². The molecule has 2 aromatic rings. The fraction of sp³-hybridized carbons (Fsp3) is 0.300. The van der Waals surface area contributed by atoms with Crippen LogP contribution in [0.2, 0.25) is 0 Å². The van der Waals surface area contributed by atoms with Crippen molar-refractivity contribution in [2.24, 2.45) is 0 Å². The molecule has 1 unspecified atom stereocenters. The first kappa shape index (κ1) is 11.0. The van der Waals surface area contributed by atoms with Crippen LogP contribution in [0, 0.1) is 5.82 Å². The minimum Gasteiger partial charge on any atom is -0.221 e. The van der Waals surface area contributed by atoms with Crippen LogP contribution in [0.3, 0.4) is 0 Å². The lowest BCUT2D eigenvalue weighted by molar-refractivity contribution is 0.524. The van der Waals surface area contributed by atoms with E-state index in [9.17, 15) is 4.39 Å². The van der Waals surface area contributed by atoms with Crippen LogP contribution < -0.4 is 0 Å². The van der Waals surface area contributed by atoms with Crippen molar-refractivity contribution >= 4 is 11.6 Å². The highest BCUT2D eigenvalue weighted by atomic mass is 35.5. The second kappa shape index (κ2) is 4.57. The summed E-state index contributed by atoms with van der Waals surface area (Å²) in [5.41, 5.74) is 0.804. The van der Waals surface area contributed by atoms with Crippen molar-refractivity contribution in [1.29, 1.82) is 0 Å². The van der Waals surface area contributed by atoms with Gasteiger partial charge < -0.3 is 0 Å². The molecule has 1 aromatic heterocycles. The number of halogens is 2. The molecular weight excluding hydrogens is 231 g/mol. The molecule has 0 aliphatic rings. The van der Waals surface area contributed by atoms with E-state index < -0.39 is 0 Å². The zero-order chi connectivity index (χ0) is 11.5. The second-order valence-corrected chi connectivity index (χ2v) is 3.67. The summed E-state index contributed by atoms with van der Waals surface area (Å²) in [6.07, 6.45) is 0. The Labute approximate surface area is 97.0 Å². The first-order chi connectivity index (χ1) is 7.72. The Morgan fingerprint density at radius 2 is 2.31 bits per heavy atom. The summed E-state index contributed by atoms with van der Waals surface area (Å²) in [6.45, 7) is 1.89. The van der Waals surface area contributed by atoms with Crippen LogP contribution in [-0.2, 0) is 5.88 Å². The van der Waals surface area contributed by atoms with E-state index in [4.69, 9.17) is 11.6 Å². The summed E-state index contributed by atoms with van der Waals surface area (Å²) < 4.78 is 14.6. The SMILES string of the molecule is CC(c1cccc(F)c1)n1nnnc1CCl. The van der Waals surface area contributed by atoms with Gasteiger partial charge in [0.25, 0.3) is 0 Å². The van der Waals surface area contributed by atoms with Gasteiger partial charge in [-0.25, -0.2) is 9.07 Å².